The highest BCUT2D eigenvalue weighted by atomic mass is 32.2. The van der Waals surface area contributed by atoms with Crippen molar-refractivity contribution in [2.45, 2.75) is 12.7 Å². The van der Waals surface area contributed by atoms with Gasteiger partial charge in [0.15, 0.2) is 0 Å². The van der Waals surface area contributed by atoms with Gasteiger partial charge in [-0.25, -0.2) is 4.79 Å². The maximum absolute atomic E-state index is 12.0. The van der Waals surface area contributed by atoms with Crippen molar-refractivity contribution in [2.75, 3.05) is 17.7 Å². The molecule has 0 aliphatic carbocycles. The van der Waals surface area contributed by atoms with Crippen LogP contribution in [0.15, 0.2) is 54.9 Å². The van der Waals surface area contributed by atoms with Gasteiger partial charge in [0.25, 0.3) is 0 Å². The van der Waals surface area contributed by atoms with E-state index in [1.54, 1.807) is 49.3 Å². The average molecular weight is 356 g/mol. The maximum Gasteiger partial charge on any atom is 0.330 e. The third-order valence-corrected chi connectivity index (χ3v) is 4.15. The molecule has 0 radical (unpaired) electrons. The minimum atomic E-state index is -0.369. The molecule has 25 heavy (non-hydrogen) atoms. The second-order valence-corrected chi connectivity index (χ2v) is 6.09. The number of pyridine rings is 1. The minimum absolute atomic E-state index is 0.0473. The van der Waals surface area contributed by atoms with E-state index in [1.165, 1.54) is 6.08 Å². The van der Waals surface area contributed by atoms with Crippen LogP contribution in [0.2, 0.25) is 0 Å². The van der Waals surface area contributed by atoms with Crippen LogP contribution in [0.4, 0.5) is 5.69 Å². The monoisotopic (exact) mass is 356 g/mol. The number of carbonyl (C=O) groups is 2. The molecule has 0 unspecified atom stereocenters. The Labute approximate surface area is 151 Å². The number of benzene rings is 1. The van der Waals surface area contributed by atoms with Gasteiger partial charge in [0.1, 0.15) is 0 Å². The van der Waals surface area contributed by atoms with Crippen molar-refractivity contribution in [3.63, 3.8) is 0 Å². The van der Waals surface area contributed by atoms with Crippen LogP contribution >= 0.6 is 11.8 Å². The molecule has 0 aliphatic rings. The summed E-state index contributed by atoms with van der Waals surface area (Å²) in [5, 5.41) is 2.85. The fourth-order valence-electron chi connectivity index (χ4n) is 1.97. The van der Waals surface area contributed by atoms with Crippen LogP contribution in [0.5, 0.6) is 0 Å². The maximum atomic E-state index is 12.0. The summed E-state index contributed by atoms with van der Waals surface area (Å²) in [6, 6.07) is 11.1. The van der Waals surface area contributed by atoms with E-state index in [0.717, 1.165) is 22.6 Å². The first-order valence-electron chi connectivity index (χ1n) is 7.89. The quantitative estimate of drug-likeness (QED) is 0.579. The SMILES string of the molecule is CCOC(=O)/C=C/c1ccc(NC(=O)CSCc2ccncc2)cc1. The van der Waals surface area contributed by atoms with Gasteiger partial charge in [0.2, 0.25) is 5.91 Å². The normalized spacial score (nSPS) is 10.6. The molecular weight excluding hydrogens is 336 g/mol. The van der Waals surface area contributed by atoms with Crippen molar-refractivity contribution >= 4 is 35.4 Å². The summed E-state index contributed by atoms with van der Waals surface area (Å²) in [5.74, 6) is 0.736. The third kappa shape index (κ3) is 7.22. The molecule has 1 amide bonds. The Morgan fingerprint density at radius 3 is 2.56 bits per heavy atom. The lowest BCUT2D eigenvalue weighted by Gasteiger charge is -2.06. The summed E-state index contributed by atoms with van der Waals surface area (Å²) in [5.41, 5.74) is 2.73. The predicted octanol–water partition coefficient (Wildman–Crippen LogP) is 3.53. The van der Waals surface area contributed by atoms with E-state index in [1.807, 2.05) is 24.3 Å². The Balaban J connectivity index is 1.76. The molecule has 1 heterocycles. The number of carbonyl (C=O) groups excluding carboxylic acids is 2. The summed E-state index contributed by atoms with van der Waals surface area (Å²) in [4.78, 5) is 27.2. The first-order valence-corrected chi connectivity index (χ1v) is 9.04. The first kappa shape index (κ1) is 18.7. The van der Waals surface area contributed by atoms with Crippen LogP contribution in [0.3, 0.4) is 0 Å². The molecule has 0 bridgehead atoms. The molecule has 0 aliphatic heterocycles. The summed E-state index contributed by atoms with van der Waals surface area (Å²) in [6.07, 6.45) is 6.54. The molecule has 0 saturated heterocycles. The summed E-state index contributed by atoms with van der Waals surface area (Å²) in [6.45, 7) is 2.12. The fraction of sp³-hybridized carbons (Fsp3) is 0.211. The van der Waals surface area contributed by atoms with Crippen LogP contribution in [-0.4, -0.2) is 29.2 Å². The number of nitrogens with one attached hydrogen (secondary N) is 1. The predicted molar refractivity (Wildman–Crippen MR) is 101 cm³/mol. The van der Waals surface area contributed by atoms with E-state index in [4.69, 9.17) is 4.74 Å². The van der Waals surface area contributed by atoms with Gasteiger partial charge < -0.3 is 10.1 Å². The second-order valence-electron chi connectivity index (χ2n) is 5.10. The summed E-state index contributed by atoms with van der Waals surface area (Å²) >= 11 is 1.55. The molecule has 1 N–H and O–H groups in total. The van der Waals surface area contributed by atoms with Crippen molar-refractivity contribution in [3.8, 4) is 0 Å². The number of hydrogen-bond donors (Lipinski definition) is 1. The molecule has 1 aromatic heterocycles. The van der Waals surface area contributed by atoms with Crippen LogP contribution in [-0.2, 0) is 20.1 Å². The first-order chi connectivity index (χ1) is 12.2. The minimum Gasteiger partial charge on any atom is -0.463 e. The molecule has 0 atom stereocenters. The highest BCUT2D eigenvalue weighted by molar-refractivity contribution is 7.99. The van der Waals surface area contributed by atoms with Crippen molar-refractivity contribution in [1.82, 2.24) is 4.98 Å². The van der Waals surface area contributed by atoms with Crippen LogP contribution in [0, 0.1) is 0 Å². The highest BCUT2D eigenvalue weighted by Gasteiger charge is 2.03. The van der Waals surface area contributed by atoms with Crippen molar-refractivity contribution in [1.29, 1.82) is 0 Å². The molecule has 2 aromatic rings. The lowest BCUT2D eigenvalue weighted by Crippen LogP contribution is -2.14. The fourth-order valence-corrected chi connectivity index (χ4v) is 2.76. The average Bonchev–Trinajstić information content (AvgIpc) is 2.62. The second kappa shape index (κ2) is 10.3. The molecule has 0 fully saturated rings. The van der Waals surface area contributed by atoms with Gasteiger partial charge in [0.05, 0.1) is 12.4 Å². The number of amides is 1. The van der Waals surface area contributed by atoms with E-state index in [0.29, 0.717) is 12.4 Å². The van der Waals surface area contributed by atoms with Crippen LogP contribution in [0.1, 0.15) is 18.1 Å². The Morgan fingerprint density at radius 1 is 1.16 bits per heavy atom. The molecule has 0 spiro atoms. The molecule has 1 aromatic carbocycles. The number of rotatable bonds is 8. The topological polar surface area (TPSA) is 68.3 Å². The van der Waals surface area contributed by atoms with E-state index >= 15 is 0 Å². The van der Waals surface area contributed by atoms with E-state index in [2.05, 4.69) is 10.3 Å². The summed E-state index contributed by atoms with van der Waals surface area (Å²) < 4.78 is 4.82. The highest BCUT2D eigenvalue weighted by Crippen LogP contribution is 2.14. The molecular formula is C19H20N2O3S. The smallest absolute Gasteiger partial charge is 0.330 e. The molecule has 6 heteroatoms. The third-order valence-electron chi connectivity index (χ3n) is 3.14. The Hall–Kier alpha value is -2.60. The standard InChI is InChI=1S/C19H20N2O3S/c1-2-24-19(23)8-5-15-3-6-17(7-4-15)21-18(22)14-25-13-16-9-11-20-12-10-16/h3-12H,2,13-14H2,1H3,(H,21,22)/b8-5+. The summed E-state index contributed by atoms with van der Waals surface area (Å²) in [7, 11) is 0. The molecule has 2 rings (SSSR count). The Kier molecular flexibility index (Phi) is 7.72. The van der Waals surface area contributed by atoms with Gasteiger partial charge in [-0.2, -0.15) is 0 Å². The molecule has 130 valence electrons. The van der Waals surface area contributed by atoms with E-state index in [-0.39, 0.29) is 11.9 Å². The molecule has 0 saturated carbocycles. The van der Waals surface area contributed by atoms with E-state index < -0.39 is 0 Å². The van der Waals surface area contributed by atoms with Crippen LogP contribution < -0.4 is 5.32 Å². The van der Waals surface area contributed by atoms with Gasteiger partial charge in [-0.05, 0) is 48.4 Å². The zero-order valence-corrected chi connectivity index (χ0v) is 14.8. The largest absolute Gasteiger partial charge is 0.463 e. The zero-order valence-electron chi connectivity index (χ0n) is 14.0. The van der Waals surface area contributed by atoms with Gasteiger partial charge in [-0.3, -0.25) is 9.78 Å². The number of anilines is 1. The number of nitrogens with zero attached hydrogens (tertiary/aromatic N) is 1. The number of aromatic nitrogens is 1. The van der Waals surface area contributed by atoms with Crippen molar-refractivity contribution < 1.29 is 14.3 Å². The molecule has 5 nitrogen and oxygen atoms in total. The number of esters is 1. The Morgan fingerprint density at radius 2 is 1.88 bits per heavy atom. The zero-order chi connectivity index (χ0) is 17.9. The van der Waals surface area contributed by atoms with Gasteiger partial charge >= 0.3 is 5.97 Å². The number of ether oxygens (including phenoxy) is 1. The van der Waals surface area contributed by atoms with Gasteiger partial charge in [-0.1, -0.05) is 12.1 Å². The number of thioether (sulfide) groups is 1. The number of hydrogen-bond acceptors (Lipinski definition) is 5. The van der Waals surface area contributed by atoms with Crippen molar-refractivity contribution in [2.24, 2.45) is 0 Å². The Bertz CT molecular complexity index is 715. The van der Waals surface area contributed by atoms with Gasteiger partial charge in [-0.15, -0.1) is 11.8 Å². The van der Waals surface area contributed by atoms with Crippen molar-refractivity contribution in [3.05, 3.63) is 66.0 Å². The van der Waals surface area contributed by atoms with Gasteiger partial charge in [0, 0.05) is 29.9 Å². The lowest BCUT2D eigenvalue weighted by atomic mass is 10.2. The lowest BCUT2D eigenvalue weighted by molar-refractivity contribution is -0.137. The van der Waals surface area contributed by atoms with E-state index in [9.17, 15) is 9.59 Å². The van der Waals surface area contributed by atoms with Crippen LogP contribution in [0.25, 0.3) is 6.08 Å².